The van der Waals surface area contributed by atoms with Crippen molar-refractivity contribution < 1.29 is 43.0 Å². The number of carbonyl (C=O) groups excluding carboxylic acids is 4. The van der Waals surface area contributed by atoms with Gasteiger partial charge in [-0.2, -0.15) is 0 Å². The summed E-state index contributed by atoms with van der Waals surface area (Å²) in [5.74, 6) is -1.35. The number of carbonyl (C=O) groups is 4. The predicted molar refractivity (Wildman–Crippen MR) is 109 cm³/mol. The molecule has 12 nitrogen and oxygen atoms in total. The Morgan fingerprint density at radius 3 is 2.29 bits per heavy atom. The highest BCUT2D eigenvalue weighted by molar-refractivity contribution is 7.50. The number of rotatable bonds is 13. The van der Waals surface area contributed by atoms with Crippen LogP contribution in [0.2, 0.25) is 0 Å². The number of barbiturate groups is 1. The van der Waals surface area contributed by atoms with Crippen LogP contribution in [-0.4, -0.2) is 64.5 Å². The maximum atomic E-state index is 13.2. The molecule has 178 valence electrons. The van der Waals surface area contributed by atoms with Crippen molar-refractivity contribution in [3.8, 4) is 0 Å². The number of amides is 5. The second-order valence-electron chi connectivity index (χ2n) is 7.37. The summed E-state index contributed by atoms with van der Waals surface area (Å²) < 4.78 is 21.4. The number of urea groups is 1. The minimum absolute atomic E-state index is 0.214. The van der Waals surface area contributed by atoms with E-state index in [0.717, 1.165) is 17.7 Å². The summed E-state index contributed by atoms with van der Waals surface area (Å²) in [4.78, 5) is 68.5. The Hall–Kier alpha value is -2.01. The number of unbranched alkanes of at least 4 members (excludes halogenated alkanes) is 1. The molecule has 0 aliphatic carbocycles. The van der Waals surface area contributed by atoms with E-state index < -0.39 is 49.7 Å². The molecule has 0 spiro atoms. The standard InChI is InChI=1S/C18H32N3O9P/c1-4-7-10-29-12-13(30-17(25)20-31(26,27)28)11-21-15(23)18(8-5-2,9-6-3)14(22)19-16(21)24/h13H,4-12H2,1-3H3,(H,19,22,24)(H3,20,25,26,27,28). The van der Waals surface area contributed by atoms with Gasteiger partial charge in [-0.1, -0.05) is 40.0 Å². The molecular weight excluding hydrogens is 433 g/mol. The maximum absolute atomic E-state index is 13.2. The molecule has 1 fully saturated rings. The third kappa shape index (κ3) is 7.88. The zero-order chi connectivity index (χ0) is 23.7. The van der Waals surface area contributed by atoms with Gasteiger partial charge in [0, 0.05) is 6.61 Å². The summed E-state index contributed by atoms with van der Waals surface area (Å²) in [6.07, 6.45) is 0.487. The van der Waals surface area contributed by atoms with Crippen LogP contribution < -0.4 is 10.4 Å². The van der Waals surface area contributed by atoms with Crippen molar-refractivity contribution >= 4 is 31.7 Å². The monoisotopic (exact) mass is 465 g/mol. The van der Waals surface area contributed by atoms with Gasteiger partial charge in [-0.3, -0.25) is 19.8 Å². The van der Waals surface area contributed by atoms with E-state index in [1.807, 2.05) is 20.8 Å². The van der Waals surface area contributed by atoms with Crippen LogP contribution in [0.1, 0.15) is 59.3 Å². The summed E-state index contributed by atoms with van der Waals surface area (Å²) in [6, 6.07) is -0.949. The topological polar surface area (TPSA) is 172 Å². The third-order valence-corrected chi connectivity index (χ3v) is 5.23. The molecular formula is C18H32N3O9P. The van der Waals surface area contributed by atoms with Crippen molar-refractivity contribution in [3.05, 3.63) is 0 Å². The fourth-order valence-electron chi connectivity index (χ4n) is 3.40. The molecule has 0 saturated carbocycles. The molecule has 1 atom stereocenters. The minimum atomic E-state index is -4.90. The molecule has 1 rings (SSSR count). The molecule has 0 aromatic rings. The van der Waals surface area contributed by atoms with Gasteiger partial charge in [0.05, 0.1) is 13.2 Å². The summed E-state index contributed by atoms with van der Waals surface area (Å²) in [5, 5.41) is 3.57. The van der Waals surface area contributed by atoms with Crippen LogP contribution in [0.25, 0.3) is 0 Å². The number of nitrogens with one attached hydrogen (secondary N) is 2. The number of imide groups is 2. The van der Waals surface area contributed by atoms with Gasteiger partial charge in [0.15, 0.2) is 0 Å². The van der Waals surface area contributed by atoms with E-state index in [1.165, 1.54) is 5.09 Å². The van der Waals surface area contributed by atoms with Crippen molar-refractivity contribution in [1.82, 2.24) is 15.3 Å². The van der Waals surface area contributed by atoms with E-state index in [1.54, 1.807) is 0 Å². The highest BCUT2D eigenvalue weighted by atomic mass is 31.2. The first-order valence-corrected chi connectivity index (χ1v) is 11.9. The lowest BCUT2D eigenvalue weighted by molar-refractivity contribution is -0.154. The second-order valence-corrected chi connectivity index (χ2v) is 8.68. The molecule has 5 amide bonds. The number of hydrogen-bond donors (Lipinski definition) is 4. The van der Waals surface area contributed by atoms with Crippen LogP contribution in [0.15, 0.2) is 0 Å². The molecule has 0 radical (unpaired) electrons. The van der Waals surface area contributed by atoms with Crippen molar-refractivity contribution in [3.63, 3.8) is 0 Å². The SMILES string of the molecule is CCCCOCC(CN1C(=O)NC(=O)C(CCC)(CCC)C1=O)OC(=O)NP(=O)(O)O. The molecule has 1 unspecified atom stereocenters. The molecule has 31 heavy (non-hydrogen) atoms. The molecule has 1 aliphatic rings. The molecule has 1 heterocycles. The van der Waals surface area contributed by atoms with Crippen LogP contribution in [-0.2, 0) is 23.6 Å². The van der Waals surface area contributed by atoms with E-state index >= 15 is 0 Å². The van der Waals surface area contributed by atoms with E-state index in [2.05, 4.69) is 5.32 Å². The quantitative estimate of drug-likeness (QED) is 0.179. The van der Waals surface area contributed by atoms with Gasteiger partial charge < -0.3 is 19.3 Å². The zero-order valence-corrected chi connectivity index (χ0v) is 19.0. The molecule has 1 aliphatic heterocycles. The van der Waals surface area contributed by atoms with Crippen LogP contribution in [0.4, 0.5) is 9.59 Å². The fraction of sp³-hybridized carbons (Fsp3) is 0.778. The molecule has 0 aromatic carbocycles. The summed E-state index contributed by atoms with van der Waals surface area (Å²) in [5.41, 5.74) is -1.40. The average molecular weight is 465 g/mol. The molecule has 13 heteroatoms. The van der Waals surface area contributed by atoms with Gasteiger partial charge in [-0.25, -0.2) is 19.2 Å². The minimum Gasteiger partial charge on any atom is -0.442 e. The Kier molecular flexibility index (Phi) is 10.6. The lowest BCUT2D eigenvalue weighted by Gasteiger charge is -2.40. The van der Waals surface area contributed by atoms with Crippen LogP contribution in [0.5, 0.6) is 0 Å². The van der Waals surface area contributed by atoms with Crippen LogP contribution in [0.3, 0.4) is 0 Å². The van der Waals surface area contributed by atoms with E-state index in [-0.39, 0.29) is 19.4 Å². The average Bonchev–Trinajstić information content (AvgIpc) is 2.65. The van der Waals surface area contributed by atoms with Gasteiger partial charge >= 0.3 is 19.9 Å². The highest BCUT2D eigenvalue weighted by Crippen LogP contribution is 2.35. The summed E-state index contributed by atoms with van der Waals surface area (Å²) >= 11 is 0. The van der Waals surface area contributed by atoms with Gasteiger partial charge in [0.2, 0.25) is 11.8 Å². The third-order valence-electron chi connectivity index (χ3n) is 4.75. The second kappa shape index (κ2) is 12.1. The van der Waals surface area contributed by atoms with Crippen molar-refractivity contribution in [1.29, 1.82) is 0 Å². The van der Waals surface area contributed by atoms with Crippen LogP contribution >= 0.6 is 7.75 Å². The molecule has 0 aromatic heterocycles. The predicted octanol–water partition coefficient (Wildman–Crippen LogP) is 1.66. The Morgan fingerprint density at radius 1 is 1.16 bits per heavy atom. The highest BCUT2D eigenvalue weighted by Gasteiger charge is 2.52. The first-order chi connectivity index (χ1) is 14.5. The normalized spacial score (nSPS) is 17.3. The van der Waals surface area contributed by atoms with Crippen molar-refractivity contribution in [2.45, 2.75) is 65.4 Å². The summed E-state index contributed by atoms with van der Waals surface area (Å²) in [7, 11) is -4.90. The Bertz CT molecular complexity index is 703. The maximum Gasteiger partial charge on any atom is 0.432 e. The van der Waals surface area contributed by atoms with Gasteiger partial charge in [0.25, 0.3) is 0 Å². The smallest absolute Gasteiger partial charge is 0.432 e. The van der Waals surface area contributed by atoms with Gasteiger partial charge in [0.1, 0.15) is 11.5 Å². The first-order valence-electron chi connectivity index (χ1n) is 10.3. The van der Waals surface area contributed by atoms with E-state index in [0.29, 0.717) is 19.4 Å². The Morgan fingerprint density at radius 2 is 1.77 bits per heavy atom. The Balaban J connectivity index is 3.05. The lowest BCUT2D eigenvalue weighted by atomic mass is 9.76. The lowest BCUT2D eigenvalue weighted by Crippen LogP contribution is -2.65. The van der Waals surface area contributed by atoms with Crippen LogP contribution in [0, 0.1) is 5.41 Å². The molecule has 4 N–H and O–H groups in total. The van der Waals surface area contributed by atoms with E-state index in [4.69, 9.17) is 19.3 Å². The van der Waals surface area contributed by atoms with E-state index in [9.17, 15) is 23.7 Å². The first kappa shape index (κ1) is 27.0. The Labute approximate surface area is 181 Å². The van der Waals surface area contributed by atoms with Crippen molar-refractivity contribution in [2.24, 2.45) is 5.41 Å². The number of nitrogens with zero attached hydrogens (tertiary/aromatic N) is 1. The largest absolute Gasteiger partial charge is 0.442 e. The number of hydrogen-bond acceptors (Lipinski definition) is 7. The fourth-order valence-corrected chi connectivity index (χ4v) is 3.69. The zero-order valence-electron chi connectivity index (χ0n) is 18.1. The van der Waals surface area contributed by atoms with Gasteiger partial charge in [-0.05, 0) is 19.3 Å². The van der Waals surface area contributed by atoms with Gasteiger partial charge in [-0.15, -0.1) is 0 Å². The molecule has 1 saturated heterocycles. The van der Waals surface area contributed by atoms with Crippen molar-refractivity contribution in [2.75, 3.05) is 19.8 Å². The summed E-state index contributed by atoms with van der Waals surface area (Å²) in [6.45, 7) is 5.25. The molecule has 0 bridgehead atoms. The number of ether oxygens (including phenoxy) is 2.